The SMILES string of the molecule is COc1cc(N2CC=C(C(C)(C)C)CC2)nc(N)n1. The number of anilines is 2. The lowest BCUT2D eigenvalue weighted by Gasteiger charge is -2.32. The van der Waals surface area contributed by atoms with Crippen LogP contribution in [0.4, 0.5) is 11.8 Å². The molecule has 19 heavy (non-hydrogen) atoms. The van der Waals surface area contributed by atoms with Crippen LogP contribution < -0.4 is 15.4 Å². The number of nitrogens with zero attached hydrogens (tertiary/aromatic N) is 3. The molecule has 0 amide bonds. The summed E-state index contributed by atoms with van der Waals surface area (Å²) in [7, 11) is 1.58. The highest BCUT2D eigenvalue weighted by atomic mass is 16.5. The van der Waals surface area contributed by atoms with Crippen LogP contribution >= 0.6 is 0 Å². The first kappa shape index (κ1) is 13.6. The molecule has 0 radical (unpaired) electrons. The van der Waals surface area contributed by atoms with E-state index in [0.717, 1.165) is 25.3 Å². The summed E-state index contributed by atoms with van der Waals surface area (Å²) in [6.45, 7) is 8.55. The number of hydrogen-bond donors (Lipinski definition) is 1. The highest BCUT2D eigenvalue weighted by Gasteiger charge is 2.22. The van der Waals surface area contributed by atoms with Gasteiger partial charge in [-0.2, -0.15) is 9.97 Å². The average molecular weight is 262 g/mol. The van der Waals surface area contributed by atoms with E-state index in [1.807, 2.05) is 6.07 Å². The molecule has 1 aliphatic rings. The number of nitrogens with two attached hydrogens (primary N) is 1. The molecule has 0 atom stereocenters. The molecule has 0 bridgehead atoms. The van der Waals surface area contributed by atoms with E-state index >= 15 is 0 Å². The molecule has 0 aliphatic carbocycles. The number of nitrogen functional groups attached to an aromatic ring is 1. The fraction of sp³-hybridized carbons (Fsp3) is 0.571. The monoisotopic (exact) mass is 262 g/mol. The van der Waals surface area contributed by atoms with E-state index in [1.54, 1.807) is 7.11 Å². The van der Waals surface area contributed by atoms with Gasteiger partial charge < -0.3 is 15.4 Å². The molecule has 0 aromatic carbocycles. The summed E-state index contributed by atoms with van der Waals surface area (Å²) in [5, 5.41) is 0. The fourth-order valence-electron chi connectivity index (χ4n) is 2.26. The van der Waals surface area contributed by atoms with Crippen molar-refractivity contribution in [3.63, 3.8) is 0 Å². The number of methoxy groups -OCH3 is 1. The second-order valence-corrected chi connectivity index (χ2v) is 5.80. The lowest BCUT2D eigenvalue weighted by Crippen LogP contribution is -2.32. The molecular weight excluding hydrogens is 240 g/mol. The summed E-state index contributed by atoms with van der Waals surface area (Å²) in [6, 6.07) is 1.83. The molecule has 2 heterocycles. The smallest absolute Gasteiger partial charge is 0.225 e. The zero-order valence-electron chi connectivity index (χ0n) is 12.1. The highest BCUT2D eigenvalue weighted by molar-refractivity contribution is 5.47. The van der Waals surface area contributed by atoms with Crippen molar-refractivity contribution in [2.45, 2.75) is 27.2 Å². The molecule has 0 fully saturated rings. The third kappa shape index (κ3) is 3.16. The van der Waals surface area contributed by atoms with Gasteiger partial charge in [0.2, 0.25) is 11.8 Å². The zero-order chi connectivity index (χ0) is 14.0. The van der Waals surface area contributed by atoms with Gasteiger partial charge in [-0.3, -0.25) is 0 Å². The van der Waals surface area contributed by atoms with E-state index in [4.69, 9.17) is 10.5 Å². The van der Waals surface area contributed by atoms with Crippen molar-refractivity contribution in [1.82, 2.24) is 9.97 Å². The van der Waals surface area contributed by atoms with E-state index < -0.39 is 0 Å². The van der Waals surface area contributed by atoms with Gasteiger partial charge in [0.25, 0.3) is 0 Å². The summed E-state index contributed by atoms with van der Waals surface area (Å²) < 4.78 is 5.13. The lowest BCUT2D eigenvalue weighted by molar-refractivity contribution is 0.397. The van der Waals surface area contributed by atoms with Crippen LogP contribution in [0.5, 0.6) is 5.88 Å². The fourth-order valence-corrected chi connectivity index (χ4v) is 2.26. The molecule has 2 rings (SSSR count). The summed E-state index contributed by atoms with van der Waals surface area (Å²) in [6.07, 6.45) is 3.34. The van der Waals surface area contributed by atoms with E-state index in [1.165, 1.54) is 5.57 Å². The van der Waals surface area contributed by atoms with Crippen molar-refractivity contribution in [3.05, 3.63) is 17.7 Å². The van der Waals surface area contributed by atoms with Gasteiger partial charge in [-0.15, -0.1) is 0 Å². The number of rotatable bonds is 2. The minimum atomic E-state index is 0.245. The molecule has 2 N–H and O–H groups in total. The second kappa shape index (κ2) is 5.07. The van der Waals surface area contributed by atoms with Crippen molar-refractivity contribution < 1.29 is 4.74 Å². The predicted molar refractivity (Wildman–Crippen MR) is 77.4 cm³/mol. The Hall–Kier alpha value is -1.78. The largest absolute Gasteiger partial charge is 0.481 e. The number of hydrogen-bond acceptors (Lipinski definition) is 5. The maximum atomic E-state index is 5.69. The van der Waals surface area contributed by atoms with Crippen molar-refractivity contribution >= 4 is 11.8 Å². The first-order valence-corrected chi connectivity index (χ1v) is 6.53. The van der Waals surface area contributed by atoms with Crippen LogP contribution in [0.3, 0.4) is 0 Å². The summed E-state index contributed by atoms with van der Waals surface area (Å²) in [5.41, 5.74) is 7.44. The number of ether oxygens (including phenoxy) is 1. The second-order valence-electron chi connectivity index (χ2n) is 5.80. The van der Waals surface area contributed by atoms with Gasteiger partial charge in [0.1, 0.15) is 5.82 Å². The van der Waals surface area contributed by atoms with Crippen LogP contribution in [0.25, 0.3) is 0 Å². The van der Waals surface area contributed by atoms with Crippen LogP contribution in [0, 0.1) is 5.41 Å². The molecule has 1 aliphatic heterocycles. The molecule has 0 unspecified atom stereocenters. The molecule has 5 nitrogen and oxygen atoms in total. The standard InChI is InChI=1S/C14H22N4O/c1-14(2,3)10-5-7-18(8-6-10)11-9-12(19-4)17-13(15)16-11/h5,9H,6-8H2,1-4H3,(H2,15,16,17). The summed E-state index contributed by atoms with van der Waals surface area (Å²) in [5.74, 6) is 1.58. The topological polar surface area (TPSA) is 64.3 Å². The third-order valence-electron chi connectivity index (χ3n) is 3.41. The Morgan fingerprint density at radius 1 is 1.32 bits per heavy atom. The minimum Gasteiger partial charge on any atom is -0.481 e. The maximum absolute atomic E-state index is 5.69. The predicted octanol–water partition coefficient (Wildman–Crippen LogP) is 2.25. The Morgan fingerprint density at radius 3 is 2.58 bits per heavy atom. The molecule has 0 saturated heterocycles. The van der Waals surface area contributed by atoms with Crippen LogP contribution in [-0.2, 0) is 0 Å². The molecule has 5 heteroatoms. The van der Waals surface area contributed by atoms with Gasteiger partial charge in [0.05, 0.1) is 7.11 Å². The lowest BCUT2D eigenvalue weighted by atomic mass is 9.83. The molecule has 1 aromatic rings. The Balaban J connectivity index is 2.18. The molecule has 0 spiro atoms. The van der Waals surface area contributed by atoms with Crippen molar-refractivity contribution in [1.29, 1.82) is 0 Å². The van der Waals surface area contributed by atoms with E-state index in [2.05, 4.69) is 41.7 Å². The van der Waals surface area contributed by atoms with Crippen LogP contribution in [0.15, 0.2) is 17.7 Å². The van der Waals surface area contributed by atoms with Crippen LogP contribution in [0.2, 0.25) is 0 Å². The summed E-state index contributed by atoms with van der Waals surface area (Å²) >= 11 is 0. The zero-order valence-corrected chi connectivity index (χ0v) is 12.1. The van der Waals surface area contributed by atoms with Crippen molar-refractivity contribution in [3.8, 4) is 5.88 Å². The van der Waals surface area contributed by atoms with Gasteiger partial charge in [-0.25, -0.2) is 0 Å². The Kier molecular flexibility index (Phi) is 3.64. The third-order valence-corrected chi connectivity index (χ3v) is 3.41. The van der Waals surface area contributed by atoms with E-state index in [-0.39, 0.29) is 11.4 Å². The number of aromatic nitrogens is 2. The van der Waals surface area contributed by atoms with Gasteiger partial charge in [0, 0.05) is 19.2 Å². The van der Waals surface area contributed by atoms with Crippen molar-refractivity contribution in [2.24, 2.45) is 5.41 Å². The Morgan fingerprint density at radius 2 is 2.05 bits per heavy atom. The molecule has 104 valence electrons. The Labute approximate surface area is 114 Å². The van der Waals surface area contributed by atoms with Gasteiger partial charge >= 0.3 is 0 Å². The van der Waals surface area contributed by atoms with E-state index in [0.29, 0.717) is 5.88 Å². The molecular formula is C14H22N4O. The quantitative estimate of drug-likeness (QED) is 0.828. The van der Waals surface area contributed by atoms with Crippen LogP contribution in [0.1, 0.15) is 27.2 Å². The van der Waals surface area contributed by atoms with Gasteiger partial charge in [0.15, 0.2) is 0 Å². The molecule has 1 aromatic heterocycles. The van der Waals surface area contributed by atoms with Crippen molar-refractivity contribution in [2.75, 3.05) is 30.8 Å². The Bertz CT molecular complexity index is 491. The molecule has 0 saturated carbocycles. The first-order valence-electron chi connectivity index (χ1n) is 6.53. The first-order chi connectivity index (χ1) is 8.90. The van der Waals surface area contributed by atoms with Crippen LogP contribution in [-0.4, -0.2) is 30.2 Å². The normalized spacial score (nSPS) is 16.2. The summed E-state index contributed by atoms with van der Waals surface area (Å²) in [4.78, 5) is 10.5. The van der Waals surface area contributed by atoms with Gasteiger partial charge in [-0.05, 0) is 11.8 Å². The minimum absolute atomic E-state index is 0.245. The maximum Gasteiger partial charge on any atom is 0.225 e. The van der Waals surface area contributed by atoms with E-state index in [9.17, 15) is 0 Å². The highest BCUT2D eigenvalue weighted by Crippen LogP contribution is 2.31. The van der Waals surface area contributed by atoms with Gasteiger partial charge in [-0.1, -0.05) is 32.4 Å². The average Bonchev–Trinajstić information content (AvgIpc) is 2.37.